The fourth-order valence-electron chi connectivity index (χ4n) is 2.38. The Morgan fingerprint density at radius 3 is 2.57 bits per heavy atom. The summed E-state index contributed by atoms with van der Waals surface area (Å²) in [4.78, 5) is 25.3. The van der Waals surface area contributed by atoms with E-state index in [1.807, 2.05) is 35.2 Å². The predicted molar refractivity (Wildman–Crippen MR) is 84.0 cm³/mol. The third kappa shape index (κ3) is 4.00. The van der Waals surface area contributed by atoms with E-state index in [4.69, 9.17) is 5.11 Å². The predicted octanol–water partition coefficient (Wildman–Crippen LogP) is 3.15. The summed E-state index contributed by atoms with van der Waals surface area (Å²) in [6, 6.07) is 9.84. The summed E-state index contributed by atoms with van der Waals surface area (Å²) in [5.41, 5.74) is 1.06. The van der Waals surface area contributed by atoms with Crippen LogP contribution in [-0.2, 0) is 9.59 Å². The third-order valence-corrected chi connectivity index (χ3v) is 5.01. The lowest BCUT2D eigenvalue weighted by Crippen LogP contribution is -2.33. The highest BCUT2D eigenvalue weighted by molar-refractivity contribution is 8.01. The van der Waals surface area contributed by atoms with Crippen molar-refractivity contribution < 1.29 is 14.7 Å². The molecule has 1 fully saturated rings. The van der Waals surface area contributed by atoms with Crippen molar-refractivity contribution in [3.8, 4) is 0 Å². The average Bonchev–Trinajstić information content (AvgIpc) is 2.74. The zero-order chi connectivity index (χ0) is 15.4. The standard InChI is InChI=1S/C16H21NO3S/c1-11(2)8-9-17-15(20)13(10-14(18)19)21-16(17)12-6-4-3-5-7-12/h3-7,11,13,16H,8-10H2,1-2H3,(H,18,19). The van der Waals surface area contributed by atoms with Gasteiger partial charge in [0.25, 0.3) is 0 Å². The molecule has 114 valence electrons. The first-order chi connectivity index (χ1) is 9.99. The molecular formula is C16H21NO3S. The molecule has 0 radical (unpaired) electrons. The molecule has 1 saturated heterocycles. The van der Waals surface area contributed by atoms with Gasteiger partial charge in [-0.25, -0.2) is 0 Å². The summed E-state index contributed by atoms with van der Waals surface area (Å²) in [6.45, 7) is 4.93. The van der Waals surface area contributed by atoms with E-state index in [9.17, 15) is 9.59 Å². The van der Waals surface area contributed by atoms with Crippen molar-refractivity contribution in [1.82, 2.24) is 4.90 Å². The summed E-state index contributed by atoms with van der Waals surface area (Å²) in [7, 11) is 0. The van der Waals surface area contributed by atoms with E-state index in [-0.39, 0.29) is 17.7 Å². The number of carbonyl (C=O) groups excluding carboxylic acids is 1. The molecule has 1 aromatic carbocycles. The van der Waals surface area contributed by atoms with Crippen LogP contribution in [0.4, 0.5) is 0 Å². The number of rotatable bonds is 6. The highest BCUT2D eigenvalue weighted by atomic mass is 32.2. The second-order valence-corrected chi connectivity index (χ2v) is 6.99. The van der Waals surface area contributed by atoms with Crippen LogP contribution in [0.25, 0.3) is 0 Å². The van der Waals surface area contributed by atoms with Crippen LogP contribution < -0.4 is 0 Å². The third-order valence-electron chi connectivity index (χ3n) is 3.53. The minimum atomic E-state index is -0.918. The van der Waals surface area contributed by atoms with Gasteiger partial charge in [-0.3, -0.25) is 9.59 Å². The molecule has 2 unspecified atom stereocenters. The molecule has 0 aromatic heterocycles. The Labute approximate surface area is 129 Å². The van der Waals surface area contributed by atoms with Crippen molar-refractivity contribution >= 4 is 23.6 Å². The van der Waals surface area contributed by atoms with Crippen LogP contribution >= 0.6 is 11.8 Å². The maximum Gasteiger partial charge on any atom is 0.305 e. The SMILES string of the molecule is CC(C)CCN1C(=O)C(CC(=O)O)SC1c1ccccc1. The largest absolute Gasteiger partial charge is 0.481 e. The van der Waals surface area contributed by atoms with Gasteiger partial charge in [0.15, 0.2) is 0 Å². The summed E-state index contributed by atoms with van der Waals surface area (Å²) in [6.07, 6.45) is 0.820. The number of thioether (sulfide) groups is 1. The molecule has 2 atom stereocenters. The van der Waals surface area contributed by atoms with Crippen LogP contribution in [0, 0.1) is 5.92 Å². The zero-order valence-corrected chi connectivity index (χ0v) is 13.2. The number of carboxylic acid groups (broad SMARTS) is 1. The van der Waals surface area contributed by atoms with Crippen LogP contribution in [-0.4, -0.2) is 33.7 Å². The fourth-order valence-corrected chi connectivity index (χ4v) is 3.86. The second kappa shape index (κ2) is 6.98. The van der Waals surface area contributed by atoms with E-state index in [0.29, 0.717) is 12.5 Å². The van der Waals surface area contributed by atoms with Gasteiger partial charge in [0.1, 0.15) is 5.37 Å². The summed E-state index contributed by atoms with van der Waals surface area (Å²) < 4.78 is 0. The molecule has 1 aliphatic rings. The molecule has 1 aliphatic heterocycles. The second-order valence-electron chi connectivity index (χ2n) is 5.70. The van der Waals surface area contributed by atoms with Gasteiger partial charge < -0.3 is 10.0 Å². The molecule has 1 aromatic rings. The number of hydrogen-bond acceptors (Lipinski definition) is 3. The summed E-state index contributed by atoms with van der Waals surface area (Å²) >= 11 is 1.46. The van der Waals surface area contributed by atoms with Crippen LogP contribution in [0.5, 0.6) is 0 Å². The van der Waals surface area contributed by atoms with Crippen molar-refractivity contribution in [2.45, 2.75) is 37.3 Å². The lowest BCUT2D eigenvalue weighted by molar-refractivity contribution is -0.140. The molecule has 1 heterocycles. The minimum absolute atomic E-state index is 0.0445. The number of amides is 1. The first-order valence-corrected chi connectivity index (χ1v) is 8.16. The van der Waals surface area contributed by atoms with Gasteiger partial charge in [-0.2, -0.15) is 0 Å². The molecule has 21 heavy (non-hydrogen) atoms. The molecule has 2 rings (SSSR count). The van der Waals surface area contributed by atoms with E-state index in [1.165, 1.54) is 11.8 Å². The topological polar surface area (TPSA) is 57.6 Å². The van der Waals surface area contributed by atoms with Crippen LogP contribution in [0.1, 0.15) is 37.6 Å². The van der Waals surface area contributed by atoms with Crippen molar-refractivity contribution in [1.29, 1.82) is 0 Å². The lowest BCUT2D eigenvalue weighted by Gasteiger charge is -2.25. The maximum absolute atomic E-state index is 12.5. The normalized spacial score (nSPS) is 22.0. The van der Waals surface area contributed by atoms with Crippen molar-refractivity contribution in [2.24, 2.45) is 5.92 Å². The van der Waals surface area contributed by atoms with Crippen molar-refractivity contribution in [3.05, 3.63) is 35.9 Å². The number of nitrogens with zero attached hydrogens (tertiary/aromatic N) is 1. The van der Waals surface area contributed by atoms with Crippen molar-refractivity contribution in [3.63, 3.8) is 0 Å². The highest BCUT2D eigenvalue weighted by Crippen LogP contribution is 2.44. The van der Waals surface area contributed by atoms with Crippen molar-refractivity contribution in [2.75, 3.05) is 6.54 Å². The van der Waals surface area contributed by atoms with Gasteiger partial charge >= 0.3 is 5.97 Å². The molecule has 5 heteroatoms. The number of aliphatic carboxylic acids is 1. The Balaban J connectivity index is 2.18. The Morgan fingerprint density at radius 1 is 1.33 bits per heavy atom. The number of carbonyl (C=O) groups is 2. The number of hydrogen-bond donors (Lipinski definition) is 1. The zero-order valence-electron chi connectivity index (χ0n) is 12.4. The van der Waals surface area contributed by atoms with Gasteiger partial charge in [-0.05, 0) is 17.9 Å². The Hall–Kier alpha value is -1.49. The van der Waals surface area contributed by atoms with E-state index in [0.717, 1.165) is 12.0 Å². The molecule has 1 N–H and O–H groups in total. The quantitative estimate of drug-likeness (QED) is 0.877. The smallest absolute Gasteiger partial charge is 0.305 e. The van der Waals surface area contributed by atoms with E-state index in [1.54, 1.807) is 0 Å². The summed E-state index contributed by atoms with van der Waals surface area (Å²) in [5.74, 6) is -0.451. The highest BCUT2D eigenvalue weighted by Gasteiger charge is 2.41. The first kappa shape index (κ1) is 15.9. The van der Waals surface area contributed by atoms with Gasteiger partial charge in [-0.1, -0.05) is 44.2 Å². The Bertz CT molecular complexity index is 504. The van der Waals surface area contributed by atoms with E-state index >= 15 is 0 Å². The average molecular weight is 307 g/mol. The molecule has 0 bridgehead atoms. The molecular weight excluding hydrogens is 286 g/mol. The molecule has 0 aliphatic carbocycles. The first-order valence-electron chi connectivity index (χ1n) is 7.21. The molecule has 0 spiro atoms. The van der Waals surface area contributed by atoms with Gasteiger partial charge in [0.2, 0.25) is 5.91 Å². The maximum atomic E-state index is 12.5. The van der Waals surface area contributed by atoms with Crippen LogP contribution in [0.2, 0.25) is 0 Å². The summed E-state index contributed by atoms with van der Waals surface area (Å²) in [5, 5.41) is 8.43. The Kier molecular flexibility index (Phi) is 5.28. The number of benzene rings is 1. The van der Waals surface area contributed by atoms with Gasteiger partial charge in [0.05, 0.1) is 11.7 Å². The molecule has 1 amide bonds. The van der Waals surface area contributed by atoms with Crippen LogP contribution in [0.3, 0.4) is 0 Å². The minimum Gasteiger partial charge on any atom is -0.481 e. The van der Waals surface area contributed by atoms with E-state index < -0.39 is 11.2 Å². The molecule has 4 nitrogen and oxygen atoms in total. The van der Waals surface area contributed by atoms with Crippen LogP contribution in [0.15, 0.2) is 30.3 Å². The fraction of sp³-hybridized carbons (Fsp3) is 0.500. The van der Waals surface area contributed by atoms with Gasteiger partial charge in [-0.15, -0.1) is 11.8 Å². The van der Waals surface area contributed by atoms with E-state index in [2.05, 4.69) is 13.8 Å². The monoisotopic (exact) mass is 307 g/mol. The molecule has 0 saturated carbocycles. The number of carboxylic acids is 1. The Morgan fingerprint density at radius 2 is 2.00 bits per heavy atom. The lowest BCUT2D eigenvalue weighted by atomic mass is 10.1. The van der Waals surface area contributed by atoms with Gasteiger partial charge in [0, 0.05) is 6.54 Å².